The number of furan rings is 1. The summed E-state index contributed by atoms with van der Waals surface area (Å²) in [5, 5.41) is 6.72. The Morgan fingerprint density at radius 2 is 1.77 bits per heavy atom. The summed E-state index contributed by atoms with van der Waals surface area (Å²) >= 11 is 7.60. The average molecular weight is 438 g/mol. The van der Waals surface area contributed by atoms with Crippen LogP contribution in [0.5, 0.6) is 0 Å². The van der Waals surface area contributed by atoms with E-state index in [0.717, 1.165) is 10.4 Å². The van der Waals surface area contributed by atoms with Gasteiger partial charge in [-0.2, -0.15) is 0 Å². The van der Waals surface area contributed by atoms with Crippen molar-refractivity contribution in [3.63, 3.8) is 0 Å². The highest BCUT2D eigenvalue weighted by molar-refractivity contribution is 7.15. The Balaban J connectivity index is 1.36. The number of rotatable bonds is 6. The van der Waals surface area contributed by atoms with Crippen molar-refractivity contribution in [1.29, 1.82) is 0 Å². The first-order valence-corrected chi connectivity index (χ1v) is 10.2. The fourth-order valence-electron chi connectivity index (χ4n) is 2.75. The summed E-state index contributed by atoms with van der Waals surface area (Å²) in [6.07, 6.45) is 3.81. The molecule has 0 aliphatic carbocycles. The van der Waals surface area contributed by atoms with Crippen LogP contribution in [0.4, 0.5) is 10.8 Å². The smallest absolute Gasteiger partial charge is 0.291 e. The van der Waals surface area contributed by atoms with Crippen LogP contribution in [0, 0.1) is 0 Å². The first-order valence-electron chi connectivity index (χ1n) is 9.03. The van der Waals surface area contributed by atoms with Crippen LogP contribution < -0.4 is 10.6 Å². The number of benzene rings is 2. The van der Waals surface area contributed by atoms with Gasteiger partial charge in [-0.3, -0.25) is 14.9 Å². The fourth-order valence-corrected chi connectivity index (χ4v) is 3.78. The zero-order chi connectivity index (χ0) is 20.9. The van der Waals surface area contributed by atoms with E-state index in [1.165, 1.54) is 17.6 Å². The van der Waals surface area contributed by atoms with Crippen LogP contribution in [0.2, 0.25) is 5.02 Å². The highest BCUT2D eigenvalue weighted by Crippen LogP contribution is 2.25. The standard InChI is InChI=1S/C22H16ClN3O3S/c23-18-5-2-1-4-15(18)12-17-13-24-22(30-17)26-20(27)14-7-9-16(10-8-14)25-21(28)19-6-3-11-29-19/h1-11,13H,12H2,(H,25,28)(H,24,26,27). The van der Waals surface area contributed by atoms with E-state index in [1.54, 1.807) is 42.6 Å². The molecular formula is C22H16ClN3O3S. The van der Waals surface area contributed by atoms with Crippen molar-refractivity contribution in [2.24, 2.45) is 0 Å². The number of halogens is 1. The van der Waals surface area contributed by atoms with Gasteiger partial charge in [-0.25, -0.2) is 4.98 Å². The molecule has 8 heteroatoms. The maximum atomic E-state index is 12.5. The Hall–Kier alpha value is -3.42. The number of hydrogen-bond acceptors (Lipinski definition) is 5. The van der Waals surface area contributed by atoms with Gasteiger partial charge in [0.2, 0.25) is 0 Å². The minimum absolute atomic E-state index is 0.216. The Morgan fingerprint density at radius 3 is 2.50 bits per heavy atom. The predicted octanol–water partition coefficient (Wildman–Crippen LogP) is 5.48. The molecule has 0 aliphatic heterocycles. The highest BCUT2D eigenvalue weighted by atomic mass is 35.5. The number of hydrogen-bond donors (Lipinski definition) is 2. The third-order valence-electron chi connectivity index (χ3n) is 4.25. The topological polar surface area (TPSA) is 84.2 Å². The Morgan fingerprint density at radius 1 is 0.967 bits per heavy atom. The third-order valence-corrected chi connectivity index (χ3v) is 5.53. The fraction of sp³-hybridized carbons (Fsp3) is 0.0455. The van der Waals surface area contributed by atoms with Crippen molar-refractivity contribution >= 4 is 45.6 Å². The van der Waals surface area contributed by atoms with Crippen molar-refractivity contribution in [3.8, 4) is 0 Å². The van der Waals surface area contributed by atoms with Crippen LogP contribution in [-0.2, 0) is 6.42 Å². The van der Waals surface area contributed by atoms with Gasteiger partial charge in [-0.15, -0.1) is 11.3 Å². The molecule has 0 bridgehead atoms. The van der Waals surface area contributed by atoms with Crippen LogP contribution in [0.1, 0.15) is 31.4 Å². The molecule has 2 aromatic carbocycles. The van der Waals surface area contributed by atoms with E-state index in [4.69, 9.17) is 16.0 Å². The van der Waals surface area contributed by atoms with E-state index in [0.29, 0.717) is 27.8 Å². The number of thiazole rings is 1. The monoisotopic (exact) mass is 437 g/mol. The zero-order valence-electron chi connectivity index (χ0n) is 15.6. The molecule has 4 aromatic rings. The first-order chi connectivity index (χ1) is 14.6. The Bertz CT molecular complexity index is 1170. The second kappa shape index (κ2) is 8.94. The molecule has 0 radical (unpaired) electrons. The van der Waals surface area contributed by atoms with Crippen LogP contribution in [0.3, 0.4) is 0 Å². The van der Waals surface area contributed by atoms with E-state index < -0.39 is 0 Å². The molecule has 2 aromatic heterocycles. The number of carbonyl (C=O) groups excluding carboxylic acids is 2. The molecule has 2 N–H and O–H groups in total. The van der Waals surface area contributed by atoms with E-state index in [9.17, 15) is 9.59 Å². The Labute approximate surface area is 181 Å². The minimum atomic E-state index is -0.356. The summed E-state index contributed by atoms with van der Waals surface area (Å²) in [7, 11) is 0. The molecule has 0 saturated carbocycles. The minimum Gasteiger partial charge on any atom is -0.459 e. The van der Waals surface area contributed by atoms with Gasteiger partial charge < -0.3 is 9.73 Å². The summed E-state index contributed by atoms with van der Waals surface area (Å²) in [6, 6.07) is 17.4. The van der Waals surface area contributed by atoms with E-state index >= 15 is 0 Å². The zero-order valence-corrected chi connectivity index (χ0v) is 17.2. The van der Waals surface area contributed by atoms with Gasteiger partial charge in [0.25, 0.3) is 11.8 Å². The van der Waals surface area contributed by atoms with E-state index in [1.807, 2.05) is 24.3 Å². The number of nitrogens with zero attached hydrogens (tertiary/aromatic N) is 1. The Kier molecular flexibility index (Phi) is 5.92. The molecule has 150 valence electrons. The molecule has 0 aliphatic rings. The number of amides is 2. The molecule has 0 spiro atoms. The van der Waals surface area contributed by atoms with Crippen molar-refractivity contribution in [2.45, 2.75) is 6.42 Å². The molecule has 0 atom stereocenters. The van der Waals surface area contributed by atoms with Crippen LogP contribution in [-0.4, -0.2) is 16.8 Å². The van der Waals surface area contributed by atoms with Gasteiger partial charge in [0, 0.05) is 33.8 Å². The molecule has 0 unspecified atom stereocenters. The largest absolute Gasteiger partial charge is 0.459 e. The molecule has 0 fully saturated rings. The second-order valence-electron chi connectivity index (χ2n) is 6.36. The molecule has 6 nitrogen and oxygen atoms in total. The summed E-state index contributed by atoms with van der Waals surface area (Å²) in [5.41, 5.74) is 2.02. The first kappa shape index (κ1) is 19.9. The normalized spacial score (nSPS) is 10.6. The lowest BCUT2D eigenvalue weighted by Gasteiger charge is -2.05. The van der Waals surface area contributed by atoms with Crippen molar-refractivity contribution < 1.29 is 14.0 Å². The van der Waals surface area contributed by atoms with Crippen molar-refractivity contribution in [2.75, 3.05) is 10.6 Å². The average Bonchev–Trinajstić information content (AvgIpc) is 3.43. The predicted molar refractivity (Wildman–Crippen MR) is 117 cm³/mol. The summed E-state index contributed by atoms with van der Waals surface area (Å²) in [6.45, 7) is 0. The van der Waals surface area contributed by atoms with Gasteiger partial charge in [0.05, 0.1) is 6.26 Å². The third kappa shape index (κ3) is 4.76. The van der Waals surface area contributed by atoms with Gasteiger partial charge >= 0.3 is 0 Å². The number of anilines is 2. The van der Waals surface area contributed by atoms with Gasteiger partial charge in [-0.1, -0.05) is 29.8 Å². The maximum absolute atomic E-state index is 12.5. The molecule has 2 heterocycles. The highest BCUT2D eigenvalue weighted by Gasteiger charge is 2.12. The lowest BCUT2D eigenvalue weighted by atomic mass is 10.1. The lowest BCUT2D eigenvalue weighted by Crippen LogP contribution is -2.13. The van der Waals surface area contributed by atoms with Crippen molar-refractivity contribution in [3.05, 3.63) is 99.9 Å². The van der Waals surface area contributed by atoms with E-state index in [2.05, 4.69) is 15.6 Å². The maximum Gasteiger partial charge on any atom is 0.291 e. The summed E-state index contributed by atoms with van der Waals surface area (Å²) in [5.74, 6) is -0.420. The number of carbonyl (C=O) groups is 2. The molecule has 4 rings (SSSR count). The quantitative estimate of drug-likeness (QED) is 0.418. The van der Waals surface area contributed by atoms with Gasteiger partial charge in [-0.05, 0) is 48.0 Å². The lowest BCUT2D eigenvalue weighted by molar-refractivity contribution is 0.0995. The van der Waals surface area contributed by atoms with Crippen molar-refractivity contribution in [1.82, 2.24) is 4.98 Å². The number of aromatic nitrogens is 1. The molecule has 0 saturated heterocycles. The van der Waals surface area contributed by atoms with Crippen LogP contribution in [0.15, 0.2) is 77.5 Å². The van der Waals surface area contributed by atoms with E-state index in [-0.39, 0.29) is 17.6 Å². The number of nitrogens with one attached hydrogen (secondary N) is 2. The second-order valence-corrected chi connectivity index (χ2v) is 7.89. The summed E-state index contributed by atoms with van der Waals surface area (Å²) < 4.78 is 5.05. The summed E-state index contributed by atoms with van der Waals surface area (Å²) in [4.78, 5) is 29.7. The SMILES string of the molecule is O=C(Nc1ncc(Cc2ccccc2Cl)s1)c1ccc(NC(=O)c2ccco2)cc1. The van der Waals surface area contributed by atoms with Crippen LogP contribution in [0.25, 0.3) is 0 Å². The molecule has 30 heavy (non-hydrogen) atoms. The van der Waals surface area contributed by atoms with Crippen LogP contribution >= 0.6 is 22.9 Å². The van der Waals surface area contributed by atoms with Gasteiger partial charge in [0.1, 0.15) is 0 Å². The molecule has 2 amide bonds. The molecular weight excluding hydrogens is 422 g/mol. The van der Waals surface area contributed by atoms with Gasteiger partial charge in [0.15, 0.2) is 10.9 Å².